The minimum Gasteiger partial charge on any atom is -0.328 e. The van der Waals surface area contributed by atoms with E-state index in [1.807, 2.05) is 0 Å². The van der Waals surface area contributed by atoms with Crippen LogP contribution in [0.15, 0.2) is 24.3 Å². The molecule has 1 heteroatoms. The van der Waals surface area contributed by atoms with Gasteiger partial charge in [-0.05, 0) is 37.3 Å². The van der Waals surface area contributed by atoms with Gasteiger partial charge in [-0.2, -0.15) is 0 Å². The van der Waals surface area contributed by atoms with Gasteiger partial charge in [-0.1, -0.05) is 31.2 Å². The summed E-state index contributed by atoms with van der Waals surface area (Å²) in [6, 6.07) is 9.08. The highest BCUT2D eigenvalue weighted by Gasteiger charge is 1.97. The molecular weight excluding hydrogens is 158 g/mol. The molecule has 1 nitrogen and oxygen atoms in total. The van der Waals surface area contributed by atoms with Crippen LogP contribution >= 0.6 is 0 Å². The van der Waals surface area contributed by atoms with Crippen LogP contribution in [0.3, 0.4) is 0 Å². The molecule has 0 aliphatic rings. The average molecular weight is 177 g/mol. The van der Waals surface area contributed by atoms with Crippen molar-refractivity contribution in [1.29, 1.82) is 0 Å². The normalized spacial score (nSPS) is 12.8. The number of aryl methyl sites for hydroxylation is 2. The lowest BCUT2D eigenvalue weighted by atomic mass is 10.0. The van der Waals surface area contributed by atoms with Gasteiger partial charge in [0.2, 0.25) is 0 Å². The van der Waals surface area contributed by atoms with E-state index in [2.05, 4.69) is 38.1 Å². The molecule has 0 heterocycles. The Morgan fingerprint density at radius 3 is 2.62 bits per heavy atom. The minimum atomic E-state index is 0.310. The second-order valence-electron chi connectivity index (χ2n) is 3.69. The molecule has 2 N–H and O–H groups in total. The third kappa shape index (κ3) is 3.60. The molecule has 1 aromatic rings. The first-order chi connectivity index (χ1) is 6.22. The fourth-order valence-corrected chi connectivity index (χ4v) is 1.40. The topological polar surface area (TPSA) is 26.0 Å². The second kappa shape index (κ2) is 5.03. The molecule has 0 unspecified atom stereocenters. The molecule has 0 amide bonds. The van der Waals surface area contributed by atoms with E-state index in [1.165, 1.54) is 11.1 Å². The maximum absolute atomic E-state index is 5.71. The molecule has 0 aromatic heterocycles. The van der Waals surface area contributed by atoms with Crippen molar-refractivity contribution >= 4 is 0 Å². The first-order valence-corrected chi connectivity index (χ1v) is 5.05. The lowest BCUT2D eigenvalue weighted by molar-refractivity contribution is 0.666. The number of nitrogens with two attached hydrogens (primary N) is 1. The number of hydrogen-bond donors (Lipinski definition) is 1. The summed E-state index contributed by atoms with van der Waals surface area (Å²) < 4.78 is 0. The van der Waals surface area contributed by atoms with Gasteiger partial charge in [0.15, 0.2) is 0 Å². The molecule has 0 bridgehead atoms. The zero-order valence-electron chi connectivity index (χ0n) is 8.59. The molecule has 0 saturated heterocycles. The summed E-state index contributed by atoms with van der Waals surface area (Å²) in [6.07, 6.45) is 3.30. The molecule has 13 heavy (non-hydrogen) atoms. The van der Waals surface area contributed by atoms with Crippen LogP contribution in [0, 0.1) is 0 Å². The first-order valence-electron chi connectivity index (χ1n) is 5.05. The quantitative estimate of drug-likeness (QED) is 0.751. The number of benzene rings is 1. The Morgan fingerprint density at radius 2 is 2.00 bits per heavy atom. The summed E-state index contributed by atoms with van der Waals surface area (Å²) in [5, 5.41) is 0. The van der Waals surface area contributed by atoms with E-state index in [9.17, 15) is 0 Å². The van der Waals surface area contributed by atoms with E-state index >= 15 is 0 Å². The monoisotopic (exact) mass is 177 g/mol. The zero-order chi connectivity index (χ0) is 9.68. The molecule has 0 aliphatic carbocycles. The maximum atomic E-state index is 5.71. The van der Waals surface area contributed by atoms with Crippen LogP contribution in [0.4, 0.5) is 0 Å². The van der Waals surface area contributed by atoms with E-state index in [-0.39, 0.29) is 0 Å². The third-order valence-corrected chi connectivity index (χ3v) is 2.29. The van der Waals surface area contributed by atoms with Crippen LogP contribution in [-0.2, 0) is 12.8 Å². The van der Waals surface area contributed by atoms with Crippen molar-refractivity contribution in [3.8, 4) is 0 Å². The highest BCUT2D eigenvalue weighted by Crippen LogP contribution is 2.08. The van der Waals surface area contributed by atoms with Crippen LogP contribution in [0.1, 0.15) is 31.4 Å². The highest BCUT2D eigenvalue weighted by atomic mass is 14.6. The van der Waals surface area contributed by atoms with Crippen molar-refractivity contribution in [3.63, 3.8) is 0 Å². The van der Waals surface area contributed by atoms with Gasteiger partial charge in [-0.25, -0.2) is 0 Å². The molecular formula is C12H19N. The Morgan fingerprint density at radius 1 is 1.31 bits per heavy atom. The predicted molar refractivity (Wildman–Crippen MR) is 57.8 cm³/mol. The third-order valence-electron chi connectivity index (χ3n) is 2.29. The molecule has 0 aliphatic heterocycles. The molecule has 1 rings (SSSR count). The van der Waals surface area contributed by atoms with Gasteiger partial charge in [0, 0.05) is 6.04 Å². The van der Waals surface area contributed by atoms with Gasteiger partial charge in [-0.15, -0.1) is 0 Å². The smallest absolute Gasteiger partial charge is 0.00136 e. The van der Waals surface area contributed by atoms with Crippen molar-refractivity contribution in [2.45, 2.75) is 39.2 Å². The standard InChI is InChI=1S/C12H19N/c1-3-11-5-4-6-12(9-11)8-7-10(2)13/h4-6,9-10H,3,7-8,13H2,1-2H3/t10-/m0/s1. The van der Waals surface area contributed by atoms with Crippen molar-refractivity contribution in [2.24, 2.45) is 5.73 Å². The van der Waals surface area contributed by atoms with Crippen LogP contribution in [0.2, 0.25) is 0 Å². The number of rotatable bonds is 4. The largest absolute Gasteiger partial charge is 0.328 e. The highest BCUT2D eigenvalue weighted by molar-refractivity contribution is 5.23. The van der Waals surface area contributed by atoms with Gasteiger partial charge in [0.1, 0.15) is 0 Å². The van der Waals surface area contributed by atoms with Gasteiger partial charge in [-0.3, -0.25) is 0 Å². The SMILES string of the molecule is CCc1cccc(CC[C@H](C)N)c1. The molecule has 0 saturated carbocycles. The average Bonchev–Trinajstić information content (AvgIpc) is 2.15. The van der Waals surface area contributed by atoms with Crippen molar-refractivity contribution < 1.29 is 0 Å². The molecule has 1 aromatic carbocycles. The summed E-state index contributed by atoms with van der Waals surface area (Å²) in [5.74, 6) is 0. The van der Waals surface area contributed by atoms with Crippen LogP contribution in [0.5, 0.6) is 0 Å². The fraction of sp³-hybridized carbons (Fsp3) is 0.500. The van der Waals surface area contributed by atoms with Crippen molar-refractivity contribution in [2.75, 3.05) is 0 Å². The minimum absolute atomic E-state index is 0.310. The van der Waals surface area contributed by atoms with Crippen molar-refractivity contribution in [1.82, 2.24) is 0 Å². The lowest BCUT2D eigenvalue weighted by Gasteiger charge is -2.06. The summed E-state index contributed by atoms with van der Waals surface area (Å²) in [7, 11) is 0. The summed E-state index contributed by atoms with van der Waals surface area (Å²) in [6.45, 7) is 4.24. The van der Waals surface area contributed by atoms with E-state index in [4.69, 9.17) is 5.73 Å². The Kier molecular flexibility index (Phi) is 3.97. The first kappa shape index (κ1) is 10.3. The molecule has 72 valence electrons. The second-order valence-corrected chi connectivity index (χ2v) is 3.69. The number of hydrogen-bond acceptors (Lipinski definition) is 1. The molecule has 0 radical (unpaired) electrons. The van der Waals surface area contributed by atoms with E-state index in [0.717, 1.165) is 19.3 Å². The Balaban J connectivity index is 2.56. The van der Waals surface area contributed by atoms with E-state index < -0.39 is 0 Å². The van der Waals surface area contributed by atoms with Crippen molar-refractivity contribution in [3.05, 3.63) is 35.4 Å². The summed E-state index contributed by atoms with van der Waals surface area (Å²) in [5.41, 5.74) is 8.54. The van der Waals surface area contributed by atoms with Crippen LogP contribution in [-0.4, -0.2) is 6.04 Å². The fourth-order valence-electron chi connectivity index (χ4n) is 1.40. The Bertz CT molecular complexity index is 253. The Hall–Kier alpha value is -0.820. The van der Waals surface area contributed by atoms with Gasteiger partial charge in [0.05, 0.1) is 0 Å². The summed E-state index contributed by atoms with van der Waals surface area (Å²) >= 11 is 0. The predicted octanol–water partition coefficient (Wildman–Crippen LogP) is 2.53. The van der Waals surface area contributed by atoms with Crippen LogP contribution in [0.25, 0.3) is 0 Å². The molecule has 1 atom stereocenters. The van der Waals surface area contributed by atoms with E-state index in [1.54, 1.807) is 0 Å². The van der Waals surface area contributed by atoms with Gasteiger partial charge >= 0.3 is 0 Å². The maximum Gasteiger partial charge on any atom is 0.00136 e. The molecule has 0 fully saturated rings. The van der Waals surface area contributed by atoms with E-state index in [0.29, 0.717) is 6.04 Å². The van der Waals surface area contributed by atoms with Gasteiger partial charge < -0.3 is 5.73 Å². The Labute approximate surface area is 81.0 Å². The lowest BCUT2D eigenvalue weighted by Crippen LogP contribution is -2.15. The molecule has 0 spiro atoms. The summed E-state index contributed by atoms with van der Waals surface area (Å²) in [4.78, 5) is 0. The zero-order valence-corrected chi connectivity index (χ0v) is 8.59. The van der Waals surface area contributed by atoms with Crippen LogP contribution < -0.4 is 5.73 Å². The van der Waals surface area contributed by atoms with Gasteiger partial charge in [0.25, 0.3) is 0 Å².